The SMILES string of the molecule is CO[C@@H]1CC/C=C/c2ccc3c(c2)[C@@H](CC3)N(C)C(=O)[C@@H]2CCCN(N2)C(=O)[C@H](C)NC(=O)C(C(C)C)NC(=O)[C@@H]1C. The van der Waals surface area contributed by atoms with E-state index in [1.54, 1.807) is 14.0 Å². The largest absolute Gasteiger partial charge is 0.381 e. The molecule has 1 saturated heterocycles. The second-order valence-electron chi connectivity index (χ2n) is 12.3. The molecular weight excluding hydrogens is 534 g/mol. The van der Waals surface area contributed by atoms with Crippen LogP contribution in [-0.4, -0.2) is 78.5 Å². The summed E-state index contributed by atoms with van der Waals surface area (Å²) >= 11 is 0. The molecule has 42 heavy (non-hydrogen) atoms. The Morgan fingerprint density at radius 3 is 2.45 bits per heavy atom. The fourth-order valence-corrected chi connectivity index (χ4v) is 6.27. The summed E-state index contributed by atoms with van der Waals surface area (Å²) in [7, 11) is 3.44. The van der Waals surface area contributed by atoms with Crippen LogP contribution in [0.2, 0.25) is 0 Å². The lowest BCUT2D eigenvalue weighted by Gasteiger charge is -2.37. The first-order valence-corrected chi connectivity index (χ1v) is 15.3. The molecular formula is C32H47N5O5. The average Bonchev–Trinajstić information content (AvgIpc) is 3.41. The molecule has 1 aliphatic carbocycles. The van der Waals surface area contributed by atoms with Crippen LogP contribution >= 0.6 is 0 Å². The van der Waals surface area contributed by atoms with E-state index >= 15 is 0 Å². The molecule has 1 aromatic rings. The first-order chi connectivity index (χ1) is 20.0. The molecule has 1 unspecified atom stereocenters. The number of nitrogens with zero attached hydrogens (tertiary/aromatic N) is 2. The Kier molecular flexibility index (Phi) is 10.4. The fourth-order valence-electron chi connectivity index (χ4n) is 6.27. The van der Waals surface area contributed by atoms with Crippen LogP contribution in [0.25, 0.3) is 6.08 Å². The van der Waals surface area contributed by atoms with E-state index in [0.29, 0.717) is 32.2 Å². The topological polar surface area (TPSA) is 120 Å². The maximum Gasteiger partial charge on any atom is 0.258 e. The number of amides is 4. The maximum absolute atomic E-state index is 13.7. The van der Waals surface area contributed by atoms with Gasteiger partial charge in [-0.3, -0.25) is 24.2 Å². The van der Waals surface area contributed by atoms with Crippen molar-refractivity contribution < 1.29 is 23.9 Å². The van der Waals surface area contributed by atoms with Crippen LogP contribution in [0.5, 0.6) is 0 Å². The quantitative estimate of drug-likeness (QED) is 0.494. The summed E-state index contributed by atoms with van der Waals surface area (Å²) in [6, 6.07) is 4.20. The Labute approximate surface area is 249 Å². The zero-order chi connectivity index (χ0) is 30.6. The Hall–Kier alpha value is -3.24. The Bertz CT molecular complexity index is 1200. The molecule has 230 valence electrons. The van der Waals surface area contributed by atoms with Gasteiger partial charge in [0, 0.05) is 20.7 Å². The summed E-state index contributed by atoms with van der Waals surface area (Å²) < 4.78 is 5.68. The molecule has 2 heterocycles. The van der Waals surface area contributed by atoms with E-state index in [1.807, 2.05) is 32.7 Å². The summed E-state index contributed by atoms with van der Waals surface area (Å²) in [5, 5.41) is 7.13. The molecule has 1 fully saturated rings. The van der Waals surface area contributed by atoms with Gasteiger partial charge < -0.3 is 20.3 Å². The Morgan fingerprint density at radius 2 is 1.74 bits per heavy atom. The predicted molar refractivity (Wildman–Crippen MR) is 161 cm³/mol. The number of ether oxygens (including phenoxy) is 1. The molecule has 10 nitrogen and oxygen atoms in total. The zero-order valence-electron chi connectivity index (χ0n) is 25.8. The predicted octanol–water partition coefficient (Wildman–Crippen LogP) is 2.73. The van der Waals surface area contributed by atoms with Crippen LogP contribution in [-0.2, 0) is 30.3 Å². The molecule has 3 N–H and O–H groups in total. The van der Waals surface area contributed by atoms with Crippen LogP contribution in [0, 0.1) is 11.8 Å². The highest BCUT2D eigenvalue weighted by molar-refractivity contribution is 5.92. The number of methoxy groups -OCH3 is 1. The first kappa shape index (κ1) is 31.7. The minimum atomic E-state index is -0.844. The summed E-state index contributed by atoms with van der Waals surface area (Å²) in [5.74, 6) is -1.74. The fraction of sp³-hybridized carbons (Fsp3) is 0.625. The van der Waals surface area contributed by atoms with Crippen LogP contribution < -0.4 is 16.1 Å². The van der Waals surface area contributed by atoms with Gasteiger partial charge in [-0.2, -0.15) is 0 Å². The van der Waals surface area contributed by atoms with Crippen molar-refractivity contribution in [2.75, 3.05) is 20.7 Å². The third kappa shape index (κ3) is 7.03. The molecule has 1 aromatic carbocycles. The summed E-state index contributed by atoms with van der Waals surface area (Å²) in [4.78, 5) is 55.3. The lowest BCUT2D eigenvalue weighted by Crippen LogP contribution is -2.62. The lowest BCUT2D eigenvalue weighted by molar-refractivity contribution is -0.146. The standard InChI is InChI=1S/C32H47N5O5/c1-19(2)28-30(39)33-21(4)31(40)37-17-9-11-25(35-37)32(41)36(5)26-16-15-23-14-13-22(18-24(23)26)10-7-8-12-27(42-6)20(3)29(38)34-28/h7,10,13-14,18-21,25-28,35H,8-9,11-12,15-17H2,1-6H3,(H,33,39)(H,34,38)/b10-7+/t20-,21+,25+,26-,27-,28?/m1/s1. The first-order valence-electron chi connectivity index (χ1n) is 15.3. The van der Waals surface area contributed by atoms with Gasteiger partial charge in [-0.1, -0.05) is 45.1 Å². The van der Waals surface area contributed by atoms with Gasteiger partial charge >= 0.3 is 0 Å². The summed E-state index contributed by atoms with van der Waals surface area (Å²) in [5.41, 5.74) is 6.62. The second-order valence-corrected chi connectivity index (χ2v) is 12.3. The number of likely N-dealkylation sites (N-methyl/N-ethyl adjacent to an activating group) is 1. The number of hydrogen-bond acceptors (Lipinski definition) is 6. The van der Waals surface area contributed by atoms with Crippen molar-refractivity contribution in [2.24, 2.45) is 11.8 Å². The molecule has 3 aliphatic rings. The van der Waals surface area contributed by atoms with Crippen molar-refractivity contribution in [2.45, 2.75) is 96.5 Å². The van der Waals surface area contributed by atoms with Crippen LogP contribution in [0.15, 0.2) is 24.3 Å². The van der Waals surface area contributed by atoms with Gasteiger partial charge in [0.05, 0.1) is 18.1 Å². The summed E-state index contributed by atoms with van der Waals surface area (Å²) in [6.45, 7) is 7.58. The number of carbonyl (C=O) groups excluding carboxylic acids is 4. The molecule has 0 saturated carbocycles. The molecule has 4 amide bonds. The number of carbonyl (C=O) groups is 4. The van der Waals surface area contributed by atoms with Crippen molar-refractivity contribution in [3.05, 3.63) is 41.0 Å². The molecule has 0 spiro atoms. The van der Waals surface area contributed by atoms with E-state index in [9.17, 15) is 19.2 Å². The van der Waals surface area contributed by atoms with Crippen molar-refractivity contribution in [3.63, 3.8) is 0 Å². The number of rotatable bonds is 2. The monoisotopic (exact) mass is 581 g/mol. The van der Waals surface area contributed by atoms with Crippen LogP contribution in [0.4, 0.5) is 0 Å². The molecule has 4 rings (SSSR count). The number of fused-ring (bicyclic) bond motifs is 3. The van der Waals surface area contributed by atoms with Gasteiger partial charge in [0.25, 0.3) is 5.91 Å². The number of hydrazine groups is 1. The lowest BCUT2D eigenvalue weighted by atomic mass is 9.96. The Morgan fingerprint density at radius 1 is 0.976 bits per heavy atom. The van der Waals surface area contributed by atoms with Crippen LogP contribution in [0.3, 0.4) is 0 Å². The molecule has 6 atom stereocenters. The average molecular weight is 582 g/mol. The van der Waals surface area contributed by atoms with Gasteiger partial charge in [0.1, 0.15) is 18.1 Å². The smallest absolute Gasteiger partial charge is 0.258 e. The van der Waals surface area contributed by atoms with E-state index in [0.717, 1.165) is 24.0 Å². The normalized spacial score (nSPS) is 30.8. The number of hydrogen-bond donors (Lipinski definition) is 3. The molecule has 2 aliphatic heterocycles. The van der Waals surface area contributed by atoms with Gasteiger partial charge in [-0.15, -0.1) is 0 Å². The highest BCUT2D eigenvalue weighted by Gasteiger charge is 2.37. The van der Waals surface area contributed by atoms with Gasteiger partial charge in [0.15, 0.2) is 0 Å². The van der Waals surface area contributed by atoms with E-state index in [2.05, 4.69) is 46.4 Å². The molecule has 10 heteroatoms. The van der Waals surface area contributed by atoms with Gasteiger partial charge in [0.2, 0.25) is 17.7 Å². The number of allylic oxidation sites excluding steroid dienone is 1. The number of aryl methyl sites for hydroxylation is 1. The minimum absolute atomic E-state index is 0.0324. The maximum atomic E-state index is 13.7. The van der Waals surface area contributed by atoms with Crippen molar-refractivity contribution in [3.8, 4) is 0 Å². The zero-order valence-corrected chi connectivity index (χ0v) is 25.8. The molecule has 0 aromatic heterocycles. The number of benzene rings is 1. The van der Waals surface area contributed by atoms with Crippen molar-refractivity contribution in [1.29, 1.82) is 0 Å². The molecule has 4 bridgehead atoms. The van der Waals surface area contributed by atoms with E-state index in [4.69, 9.17) is 4.74 Å². The van der Waals surface area contributed by atoms with E-state index in [1.165, 1.54) is 10.6 Å². The highest BCUT2D eigenvalue weighted by atomic mass is 16.5. The van der Waals surface area contributed by atoms with Crippen molar-refractivity contribution >= 4 is 29.7 Å². The Balaban J connectivity index is 1.62. The van der Waals surface area contributed by atoms with Crippen LogP contribution in [0.1, 0.15) is 82.5 Å². The van der Waals surface area contributed by atoms with E-state index in [-0.39, 0.29) is 35.8 Å². The van der Waals surface area contributed by atoms with Crippen molar-refractivity contribution in [1.82, 2.24) is 26.0 Å². The minimum Gasteiger partial charge on any atom is -0.381 e. The summed E-state index contributed by atoms with van der Waals surface area (Å²) in [6.07, 6.45) is 8.25. The van der Waals surface area contributed by atoms with Gasteiger partial charge in [-0.25, -0.2) is 5.43 Å². The van der Waals surface area contributed by atoms with E-state index < -0.39 is 30.0 Å². The third-order valence-corrected chi connectivity index (χ3v) is 8.96. The third-order valence-electron chi connectivity index (χ3n) is 8.96. The number of nitrogens with one attached hydrogen (secondary N) is 3. The second kappa shape index (κ2) is 13.8. The van der Waals surface area contributed by atoms with Gasteiger partial charge in [-0.05, 0) is 74.1 Å². The highest BCUT2D eigenvalue weighted by Crippen LogP contribution is 2.36. The molecule has 0 radical (unpaired) electrons.